The number of pyridine rings is 1. The largest absolute Gasteiger partial charge is 0.462 e. The molecule has 4 heterocycles. The number of fused-ring (bicyclic) bond motifs is 3. The van der Waals surface area contributed by atoms with Gasteiger partial charge in [-0.25, -0.2) is 4.79 Å². The van der Waals surface area contributed by atoms with Crippen molar-refractivity contribution < 1.29 is 19.1 Å². The van der Waals surface area contributed by atoms with E-state index in [1.807, 2.05) is 40.8 Å². The zero-order chi connectivity index (χ0) is 27.8. The highest BCUT2D eigenvalue weighted by molar-refractivity contribution is 6.07. The zero-order valence-corrected chi connectivity index (χ0v) is 22.8. The number of aromatic amines is 1. The van der Waals surface area contributed by atoms with Gasteiger partial charge >= 0.3 is 5.97 Å². The van der Waals surface area contributed by atoms with Crippen LogP contribution in [0.4, 0.5) is 5.69 Å². The van der Waals surface area contributed by atoms with E-state index >= 15 is 0 Å². The van der Waals surface area contributed by atoms with Crippen molar-refractivity contribution in [3.63, 3.8) is 0 Å². The Balaban J connectivity index is 1.25. The first-order valence-corrected chi connectivity index (χ1v) is 13.9. The summed E-state index contributed by atoms with van der Waals surface area (Å²) in [6.07, 6.45) is 3.29. The molecule has 2 saturated heterocycles. The van der Waals surface area contributed by atoms with E-state index in [9.17, 15) is 14.4 Å². The van der Waals surface area contributed by atoms with Crippen molar-refractivity contribution in [3.05, 3.63) is 69.6 Å². The van der Waals surface area contributed by atoms with E-state index in [0.29, 0.717) is 68.0 Å². The number of amides is 1. The van der Waals surface area contributed by atoms with E-state index in [1.54, 1.807) is 25.3 Å². The molecule has 6 rings (SSSR count). The number of piperazine rings is 1. The lowest BCUT2D eigenvalue weighted by Crippen LogP contribution is -2.49. The number of aromatic nitrogens is 3. The molecule has 0 bridgehead atoms. The molecule has 2 aromatic heterocycles. The van der Waals surface area contributed by atoms with Crippen LogP contribution in [0.2, 0.25) is 0 Å². The van der Waals surface area contributed by atoms with Gasteiger partial charge in [0.05, 0.1) is 40.8 Å². The smallest absolute Gasteiger partial charge is 0.338 e. The van der Waals surface area contributed by atoms with Crippen molar-refractivity contribution in [1.29, 1.82) is 0 Å². The van der Waals surface area contributed by atoms with Crippen LogP contribution in [0.1, 0.15) is 52.1 Å². The third-order valence-corrected chi connectivity index (χ3v) is 7.99. The van der Waals surface area contributed by atoms with Crippen LogP contribution in [0.15, 0.2) is 47.4 Å². The summed E-state index contributed by atoms with van der Waals surface area (Å²) in [5, 5.41) is 5.95. The van der Waals surface area contributed by atoms with E-state index in [1.165, 1.54) is 0 Å². The molecular weight excluding hydrogens is 510 g/mol. The second kappa shape index (κ2) is 10.8. The van der Waals surface area contributed by atoms with Crippen molar-refractivity contribution in [1.82, 2.24) is 19.7 Å². The molecule has 2 aliphatic heterocycles. The monoisotopic (exact) mass is 543 g/mol. The van der Waals surface area contributed by atoms with Gasteiger partial charge in [-0.15, -0.1) is 0 Å². The van der Waals surface area contributed by atoms with E-state index < -0.39 is 0 Å². The highest BCUT2D eigenvalue weighted by Crippen LogP contribution is 2.30. The molecule has 0 atom stereocenters. The molecule has 40 heavy (non-hydrogen) atoms. The van der Waals surface area contributed by atoms with Crippen LogP contribution in [-0.4, -0.2) is 77.5 Å². The highest BCUT2D eigenvalue weighted by Gasteiger charge is 2.26. The molecule has 208 valence electrons. The number of hydrogen-bond donors (Lipinski definition) is 1. The standard InChI is InChI=1S/C30H33N5O5/c1-3-40-30(38)20-4-6-21(7-5-20)33-10-12-34(13-11-33)29(37)23-17-24-26(16-19(23)2)32-28(36)25-18-31-35(27(24)25)22-8-14-39-15-9-22/h4-7,16-18,22H,3,8-15H2,1-2H3,(H,32,36). The number of benzene rings is 2. The van der Waals surface area contributed by atoms with E-state index in [0.717, 1.165) is 35.0 Å². The summed E-state index contributed by atoms with van der Waals surface area (Å²) in [4.78, 5) is 45.7. The van der Waals surface area contributed by atoms with Crippen LogP contribution in [-0.2, 0) is 9.47 Å². The van der Waals surface area contributed by atoms with Gasteiger partial charge in [-0.05, 0) is 68.7 Å². The van der Waals surface area contributed by atoms with Crippen molar-refractivity contribution in [2.24, 2.45) is 0 Å². The van der Waals surface area contributed by atoms with Crippen LogP contribution < -0.4 is 10.5 Å². The highest BCUT2D eigenvalue weighted by atomic mass is 16.5. The zero-order valence-electron chi connectivity index (χ0n) is 22.8. The summed E-state index contributed by atoms with van der Waals surface area (Å²) in [7, 11) is 0. The first kappa shape index (κ1) is 26.1. The summed E-state index contributed by atoms with van der Waals surface area (Å²) >= 11 is 0. The SMILES string of the molecule is CCOC(=O)c1ccc(N2CCN(C(=O)c3cc4c(cc3C)[nH]c(=O)c3cnn(C5CCOCC5)c34)CC2)cc1. The molecule has 0 aliphatic carbocycles. The molecule has 0 saturated carbocycles. The summed E-state index contributed by atoms with van der Waals surface area (Å²) < 4.78 is 12.6. The van der Waals surface area contributed by atoms with Crippen molar-refractivity contribution in [2.75, 3.05) is 50.9 Å². The topological polar surface area (TPSA) is 110 Å². The van der Waals surface area contributed by atoms with Crippen LogP contribution in [0.3, 0.4) is 0 Å². The normalized spacial score (nSPS) is 16.6. The number of H-pyrrole nitrogens is 1. The van der Waals surface area contributed by atoms with Gasteiger partial charge in [0.2, 0.25) is 0 Å². The number of ether oxygens (including phenoxy) is 2. The lowest BCUT2D eigenvalue weighted by Gasteiger charge is -2.36. The molecule has 0 spiro atoms. The van der Waals surface area contributed by atoms with Crippen molar-refractivity contribution in [3.8, 4) is 0 Å². The predicted octanol–water partition coefficient (Wildman–Crippen LogP) is 3.68. The fourth-order valence-corrected chi connectivity index (χ4v) is 5.79. The molecule has 0 unspecified atom stereocenters. The predicted molar refractivity (Wildman–Crippen MR) is 152 cm³/mol. The molecule has 2 aromatic carbocycles. The molecule has 2 aliphatic rings. The Bertz CT molecular complexity index is 1630. The van der Waals surface area contributed by atoms with E-state index in [2.05, 4.69) is 15.0 Å². The second-order valence-electron chi connectivity index (χ2n) is 10.4. The summed E-state index contributed by atoms with van der Waals surface area (Å²) in [6.45, 7) is 7.90. The van der Waals surface area contributed by atoms with E-state index in [4.69, 9.17) is 9.47 Å². The third-order valence-electron chi connectivity index (χ3n) is 7.99. The Morgan fingerprint density at radius 1 is 1.05 bits per heavy atom. The van der Waals surface area contributed by atoms with Gasteiger partial charge in [0, 0.05) is 56.0 Å². The molecule has 1 amide bonds. The molecule has 2 fully saturated rings. The number of hydrogen-bond acceptors (Lipinski definition) is 7. The maximum atomic E-state index is 13.8. The number of esters is 1. The number of carbonyl (C=O) groups excluding carboxylic acids is 2. The first-order valence-electron chi connectivity index (χ1n) is 13.9. The van der Waals surface area contributed by atoms with Gasteiger partial charge < -0.3 is 24.3 Å². The first-order chi connectivity index (χ1) is 19.4. The maximum Gasteiger partial charge on any atom is 0.338 e. The molecule has 4 aromatic rings. The Kier molecular flexibility index (Phi) is 7.02. The Morgan fingerprint density at radius 2 is 1.77 bits per heavy atom. The van der Waals surface area contributed by atoms with Gasteiger partial charge in [-0.3, -0.25) is 14.3 Å². The number of nitrogens with zero attached hydrogens (tertiary/aromatic N) is 4. The number of nitrogens with one attached hydrogen (secondary N) is 1. The summed E-state index contributed by atoms with van der Waals surface area (Å²) in [6, 6.07) is 11.4. The van der Waals surface area contributed by atoms with Crippen LogP contribution in [0.5, 0.6) is 0 Å². The Morgan fingerprint density at radius 3 is 2.48 bits per heavy atom. The molecular formula is C30H33N5O5. The van der Waals surface area contributed by atoms with Gasteiger partial charge in [-0.2, -0.15) is 5.10 Å². The second-order valence-corrected chi connectivity index (χ2v) is 10.4. The number of rotatable bonds is 5. The Labute approximate surface area is 231 Å². The Hall–Kier alpha value is -4.18. The maximum absolute atomic E-state index is 13.8. The molecule has 1 N–H and O–H groups in total. The average Bonchev–Trinajstić information content (AvgIpc) is 3.44. The minimum atomic E-state index is -0.326. The van der Waals surface area contributed by atoms with Crippen LogP contribution >= 0.6 is 0 Å². The summed E-state index contributed by atoms with van der Waals surface area (Å²) in [5.74, 6) is -0.347. The minimum Gasteiger partial charge on any atom is -0.462 e. The van der Waals surface area contributed by atoms with Crippen LogP contribution in [0.25, 0.3) is 21.8 Å². The van der Waals surface area contributed by atoms with Crippen LogP contribution in [0, 0.1) is 6.92 Å². The van der Waals surface area contributed by atoms with Crippen molar-refractivity contribution in [2.45, 2.75) is 32.7 Å². The minimum absolute atomic E-state index is 0.0202. The molecule has 10 nitrogen and oxygen atoms in total. The summed E-state index contributed by atoms with van der Waals surface area (Å²) in [5.41, 5.74) is 4.29. The number of aryl methyl sites for hydroxylation is 1. The van der Waals surface area contributed by atoms with E-state index in [-0.39, 0.29) is 23.5 Å². The molecule has 0 radical (unpaired) electrons. The lowest BCUT2D eigenvalue weighted by atomic mass is 10.0. The van der Waals surface area contributed by atoms with Gasteiger partial charge in [-0.1, -0.05) is 0 Å². The lowest BCUT2D eigenvalue weighted by molar-refractivity contribution is 0.0526. The van der Waals surface area contributed by atoms with Gasteiger partial charge in [0.1, 0.15) is 0 Å². The van der Waals surface area contributed by atoms with Gasteiger partial charge in [0.25, 0.3) is 11.5 Å². The average molecular weight is 544 g/mol. The number of carbonyl (C=O) groups is 2. The fraction of sp³-hybridized carbons (Fsp3) is 0.400. The third kappa shape index (κ3) is 4.72. The quantitative estimate of drug-likeness (QED) is 0.383. The fourth-order valence-electron chi connectivity index (χ4n) is 5.79. The van der Waals surface area contributed by atoms with Gasteiger partial charge in [0.15, 0.2) is 0 Å². The number of anilines is 1. The molecule has 10 heteroatoms. The van der Waals surface area contributed by atoms with Crippen molar-refractivity contribution >= 4 is 39.4 Å².